The van der Waals surface area contributed by atoms with Gasteiger partial charge in [0.1, 0.15) is 12.6 Å². The first-order valence-electron chi connectivity index (χ1n) is 13.3. The van der Waals surface area contributed by atoms with Gasteiger partial charge < -0.3 is 10.2 Å². The Bertz CT molecular complexity index is 1470. The number of rotatable bonds is 12. The second kappa shape index (κ2) is 14.4. The number of halogens is 3. The average Bonchev–Trinajstić information content (AvgIpc) is 2.94. The Morgan fingerprint density at radius 3 is 2.07 bits per heavy atom. The minimum absolute atomic E-state index is 0.00625. The molecule has 41 heavy (non-hydrogen) atoms. The molecule has 0 aromatic heterocycles. The molecule has 0 aliphatic carbocycles. The molecule has 3 rings (SSSR count). The van der Waals surface area contributed by atoms with Crippen molar-refractivity contribution in [1.29, 1.82) is 0 Å². The van der Waals surface area contributed by atoms with Crippen LogP contribution in [0.1, 0.15) is 44.7 Å². The summed E-state index contributed by atoms with van der Waals surface area (Å²) in [7, 11) is -4.20. The van der Waals surface area contributed by atoms with Gasteiger partial charge in [-0.15, -0.1) is 0 Å². The first kappa shape index (κ1) is 32.7. The maximum absolute atomic E-state index is 14.2. The van der Waals surface area contributed by atoms with Gasteiger partial charge in [0.15, 0.2) is 0 Å². The number of carbonyl (C=O) groups is 2. The lowest BCUT2D eigenvalue weighted by Crippen LogP contribution is -2.53. The molecule has 0 radical (unpaired) electrons. The summed E-state index contributed by atoms with van der Waals surface area (Å²) in [5, 5.41) is 3.94. The van der Waals surface area contributed by atoms with Crippen LogP contribution in [-0.4, -0.2) is 43.8 Å². The van der Waals surface area contributed by atoms with Crippen molar-refractivity contribution in [2.24, 2.45) is 0 Å². The molecule has 0 unspecified atom stereocenters. The average molecular weight is 639 g/mol. The van der Waals surface area contributed by atoms with Gasteiger partial charge in [0.25, 0.3) is 10.0 Å². The molecule has 0 bridgehead atoms. The Morgan fingerprint density at radius 2 is 1.51 bits per heavy atom. The highest BCUT2D eigenvalue weighted by Gasteiger charge is 2.34. The molecule has 0 fully saturated rings. The van der Waals surface area contributed by atoms with Crippen molar-refractivity contribution in [3.8, 4) is 0 Å². The van der Waals surface area contributed by atoms with E-state index in [4.69, 9.17) is 34.8 Å². The molecule has 2 amide bonds. The van der Waals surface area contributed by atoms with Crippen LogP contribution >= 0.6 is 34.8 Å². The lowest BCUT2D eigenvalue weighted by atomic mass is 10.1. The van der Waals surface area contributed by atoms with E-state index >= 15 is 0 Å². The second-order valence-corrected chi connectivity index (χ2v) is 12.8. The summed E-state index contributed by atoms with van der Waals surface area (Å²) in [5.41, 5.74) is 1.42. The van der Waals surface area contributed by atoms with Crippen LogP contribution in [0.25, 0.3) is 0 Å². The summed E-state index contributed by atoms with van der Waals surface area (Å²) in [6.45, 7) is 6.70. The Morgan fingerprint density at radius 1 is 0.878 bits per heavy atom. The van der Waals surface area contributed by atoms with Crippen molar-refractivity contribution in [1.82, 2.24) is 10.2 Å². The van der Waals surface area contributed by atoms with E-state index in [1.807, 2.05) is 13.8 Å². The van der Waals surface area contributed by atoms with E-state index in [9.17, 15) is 18.0 Å². The molecule has 3 aromatic carbocycles. The maximum Gasteiger partial charge on any atom is 0.264 e. The third kappa shape index (κ3) is 7.95. The monoisotopic (exact) mass is 637 g/mol. The van der Waals surface area contributed by atoms with E-state index in [1.54, 1.807) is 62.4 Å². The van der Waals surface area contributed by atoms with E-state index in [0.717, 1.165) is 9.87 Å². The summed E-state index contributed by atoms with van der Waals surface area (Å²) in [6.07, 6.45) is 0.974. The van der Waals surface area contributed by atoms with Crippen molar-refractivity contribution in [2.45, 2.75) is 64.1 Å². The van der Waals surface area contributed by atoms with Gasteiger partial charge in [0.2, 0.25) is 11.8 Å². The molecule has 0 heterocycles. The zero-order chi connectivity index (χ0) is 30.3. The molecule has 0 aliphatic heterocycles. The molecule has 1 N–H and O–H groups in total. The van der Waals surface area contributed by atoms with Crippen LogP contribution < -0.4 is 9.62 Å². The molecular weight excluding hydrogens is 605 g/mol. The fourth-order valence-corrected chi connectivity index (χ4v) is 6.32. The summed E-state index contributed by atoms with van der Waals surface area (Å²) < 4.78 is 28.8. The van der Waals surface area contributed by atoms with Gasteiger partial charge in [-0.3, -0.25) is 13.9 Å². The van der Waals surface area contributed by atoms with Gasteiger partial charge in [-0.05, 0) is 68.7 Å². The van der Waals surface area contributed by atoms with Gasteiger partial charge in [-0.1, -0.05) is 79.0 Å². The first-order chi connectivity index (χ1) is 19.4. The number of nitrogens with one attached hydrogen (secondary N) is 1. The van der Waals surface area contributed by atoms with E-state index in [-0.39, 0.29) is 35.5 Å². The van der Waals surface area contributed by atoms with E-state index in [2.05, 4.69) is 5.32 Å². The van der Waals surface area contributed by atoms with Crippen molar-refractivity contribution < 1.29 is 18.0 Å². The van der Waals surface area contributed by atoms with Crippen LogP contribution in [-0.2, 0) is 26.2 Å². The molecule has 220 valence electrons. The van der Waals surface area contributed by atoms with E-state index in [0.29, 0.717) is 27.1 Å². The fraction of sp³-hybridized carbons (Fsp3) is 0.333. The van der Waals surface area contributed by atoms with Crippen LogP contribution in [0.2, 0.25) is 15.1 Å². The number of benzene rings is 3. The van der Waals surface area contributed by atoms with Gasteiger partial charge in [-0.25, -0.2) is 8.42 Å². The van der Waals surface area contributed by atoms with Gasteiger partial charge in [-0.2, -0.15) is 0 Å². The number of hydrogen-bond donors (Lipinski definition) is 1. The quantitative estimate of drug-likeness (QED) is 0.235. The summed E-state index contributed by atoms with van der Waals surface area (Å²) in [5.74, 6) is -0.961. The minimum atomic E-state index is -4.20. The Labute approximate surface area is 257 Å². The van der Waals surface area contributed by atoms with E-state index in [1.165, 1.54) is 23.1 Å². The number of sulfonamides is 1. The zero-order valence-electron chi connectivity index (χ0n) is 23.4. The largest absolute Gasteiger partial charge is 0.352 e. The van der Waals surface area contributed by atoms with Crippen LogP contribution in [0.5, 0.6) is 0 Å². The zero-order valence-corrected chi connectivity index (χ0v) is 26.5. The number of aryl methyl sites for hydroxylation is 1. The second-order valence-electron chi connectivity index (χ2n) is 9.72. The van der Waals surface area contributed by atoms with Crippen LogP contribution in [0.4, 0.5) is 5.69 Å². The molecule has 0 saturated heterocycles. The summed E-state index contributed by atoms with van der Waals surface area (Å²) >= 11 is 19.3. The lowest BCUT2D eigenvalue weighted by Gasteiger charge is -2.34. The predicted octanol–water partition coefficient (Wildman–Crippen LogP) is 6.87. The number of amides is 2. The van der Waals surface area contributed by atoms with Crippen molar-refractivity contribution in [3.63, 3.8) is 0 Å². The van der Waals surface area contributed by atoms with Crippen molar-refractivity contribution in [2.75, 3.05) is 10.8 Å². The maximum atomic E-state index is 14.2. The highest BCUT2D eigenvalue weighted by molar-refractivity contribution is 7.92. The molecule has 11 heteroatoms. The number of anilines is 1. The highest BCUT2D eigenvalue weighted by Crippen LogP contribution is 2.30. The molecule has 3 aromatic rings. The molecule has 0 spiro atoms. The SMILES string of the molecule is CC[C@H](C(=O)N[C@@H](C)CC)N(Cc1c(Cl)cccc1Cl)C(=O)CN(c1ccc(C)c(Cl)c1)S(=O)(=O)c1ccccc1. The number of nitrogens with zero attached hydrogens (tertiary/aromatic N) is 2. The number of hydrogen-bond acceptors (Lipinski definition) is 4. The molecular formula is C30H34Cl3N3O4S. The molecule has 0 aliphatic rings. The van der Waals surface area contributed by atoms with Crippen molar-refractivity contribution in [3.05, 3.63) is 92.9 Å². The smallest absolute Gasteiger partial charge is 0.264 e. The standard InChI is InChI=1S/C30H34Cl3N3O4S/c1-5-21(4)34-30(38)28(6-2)35(18-24-25(31)13-10-14-26(24)32)29(37)19-36(22-16-15-20(3)27(33)17-22)41(39,40)23-11-8-7-9-12-23/h7-17,21,28H,5-6,18-19H2,1-4H3,(H,34,38)/t21-,28+/m0/s1. The van der Waals surface area contributed by atoms with Crippen LogP contribution in [0.3, 0.4) is 0 Å². The van der Waals surface area contributed by atoms with Crippen molar-refractivity contribution >= 4 is 62.3 Å². The normalized spacial score (nSPS) is 12.9. The molecule has 0 saturated carbocycles. The third-order valence-electron chi connectivity index (χ3n) is 6.83. The van der Waals surface area contributed by atoms with Gasteiger partial charge in [0.05, 0.1) is 10.6 Å². The molecule has 2 atom stereocenters. The first-order valence-corrected chi connectivity index (χ1v) is 15.8. The Hall–Kier alpha value is -2.78. The Kier molecular flexibility index (Phi) is 11.5. The van der Waals surface area contributed by atoms with Crippen LogP contribution in [0, 0.1) is 6.92 Å². The minimum Gasteiger partial charge on any atom is -0.352 e. The summed E-state index contributed by atoms with van der Waals surface area (Å²) in [4.78, 5) is 28.9. The molecule has 7 nitrogen and oxygen atoms in total. The van der Waals surface area contributed by atoms with Gasteiger partial charge >= 0.3 is 0 Å². The van der Waals surface area contributed by atoms with Gasteiger partial charge in [0, 0.05) is 33.2 Å². The topological polar surface area (TPSA) is 86.8 Å². The fourth-order valence-electron chi connectivity index (χ4n) is 4.20. The van der Waals surface area contributed by atoms with E-state index < -0.39 is 28.5 Å². The van der Waals surface area contributed by atoms with Crippen LogP contribution in [0.15, 0.2) is 71.6 Å². The Balaban J connectivity index is 2.11. The lowest BCUT2D eigenvalue weighted by molar-refractivity contribution is -0.140. The highest BCUT2D eigenvalue weighted by atomic mass is 35.5. The number of carbonyl (C=O) groups excluding carboxylic acids is 2. The predicted molar refractivity (Wildman–Crippen MR) is 166 cm³/mol. The summed E-state index contributed by atoms with van der Waals surface area (Å²) in [6, 6.07) is 16.6. The third-order valence-corrected chi connectivity index (χ3v) is 9.73.